The second kappa shape index (κ2) is 8.74. The number of nitrogens with one attached hydrogen (secondary N) is 2. The van der Waals surface area contributed by atoms with Crippen LogP contribution in [0, 0.1) is 13.8 Å². The first kappa shape index (κ1) is 23.2. The van der Waals surface area contributed by atoms with Gasteiger partial charge in [-0.2, -0.15) is 0 Å². The molecule has 3 aliphatic carbocycles. The number of fused-ring (bicyclic) bond motifs is 3. The molecular formula is C23H27F2N3O5. The van der Waals surface area contributed by atoms with E-state index in [9.17, 15) is 23.5 Å². The maximum atomic E-state index is 12.7. The second-order valence-electron chi connectivity index (χ2n) is 9.11. The van der Waals surface area contributed by atoms with Crippen molar-refractivity contribution in [2.75, 3.05) is 6.61 Å². The number of aliphatic hydroxyl groups is 1. The first-order valence-electron chi connectivity index (χ1n) is 10.9. The molecule has 33 heavy (non-hydrogen) atoms. The van der Waals surface area contributed by atoms with E-state index in [2.05, 4.69) is 15.8 Å². The van der Waals surface area contributed by atoms with Crippen molar-refractivity contribution in [1.82, 2.24) is 15.8 Å². The van der Waals surface area contributed by atoms with E-state index in [1.807, 2.05) is 26.0 Å². The lowest BCUT2D eigenvalue weighted by molar-refractivity contribution is -0.132. The molecule has 10 heteroatoms. The molecule has 1 atom stereocenters. The molecule has 3 saturated carbocycles. The fraction of sp³-hybridized carbons (Fsp3) is 0.522. The van der Waals surface area contributed by atoms with Crippen LogP contribution in [0.25, 0.3) is 0 Å². The van der Waals surface area contributed by atoms with Gasteiger partial charge in [0.2, 0.25) is 5.76 Å². The summed E-state index contributed by atoms with van der Waals surface area (Å²) in [4.78, 5) is 25.1. The van der Waals surface area contributed by atoms with Crippen molar-refractivity contribution in [3.05, 3.63) is 46.8 Å². The van der Waals surface area contributed by atoms with Crippen LogP contribution in [0.2, 0.25) is 0 Å². The predicted octanol–water partition coefficient (Wildman–Crippen LogP) is 2.97. The molecule has 0 unspecified atom stereocenters. The van der Waals surface area contributed by atoms with Crippen LogP contribution < -0.4 is 15.4 Å². The van der Waals surface area contributed by atoms with E-state index in [0.717, 1.165) is 17.2 Å². The normalized spacial score (nSPS) is 26.3. The first-order valence-corrected chi connectivity index (χ1v) is 10.9. The zero-order valence-electron chi connectivity index (χ0n) is 18.5. The summed E-state index contributed by atoms with van der Waals surface area (Å²) in [5.74, 6) is -0.676. The molecule has 0 aliphatic heterocycles. The maximum absolute atomic E-state index is 12.7. The molecule has 1 heterocycles. The molecule has 5 rings (SSSR count). The third-order valence-corrected chi connectivity index (χ3v) is 6.91. The Morgan fingerprint density at radius 2 is 1.91 bits per heavy atom. The van der Waals surface area contributed by atoms with Crippen LogP contribution in [0.1, 0.15) is 65.9 Å². The van der Waals surface area contributed by atoms with Gasteiger partial charge >= 0.3 is 0 Å². The lowest BCUT2D eigenvalue weighted by Gasteiger charge is -2.56. The molecule has 2 bridgehead atoms. The van der Waals surface area contributed by atoms with E-state index in [-0.39, 0.29) is 24.7 Å². The Kier molecular flexibility index (Phi) is 6.13. The summed E-state index contributed by atoms with van der Waals surface area (Å²) in [7, 11) is 0. The van der Waals surface area contributed by atoms with Gasteiger partial charge in [-0.15, -0.1) is 0 Å². The zero-order valence-corrected chi connectivity index (χ0v) is 18.5. The first-order chi connectivity index (χ1) is 15.6. The highest BCUT2D eigenvalue weighted by Gasteiger charge is 2.55. The number of benzene rings is 1. The number of ether oxygens (including phenoxy) is 1. The number of nitrogens with zero attached hydrogens (tertiary/aromatic N) is 1. The molecule has 1 aromatic carbocycles. The van der Waals surface area contributed by atoms with Crippen molar-refractivity contribution >= 4 is 11.8 Å². The SMILES string of the molecule is Cc1ccc(OCC(=O)NC23CCC(NC(=O)c4cc(C(F)F)no4)(CC2)C[C@@H]3O)cc1C. The smallest absolute Gasteiger partial charge is 0.290 e. The molecule has 2 amide bonds. The van der Waals surface area contributed by atoms with Gasteiger partial charge < -0.3 is 25.0 Å². The molecule has 0 radical (unpaired) electrons. The fourth-order valence-corrected chi connectivity index (χ4v) is 4.73. The number of aryl methyl sites for hydroxylation is 2. The number of rotatable bonds is 7. The summed E-state index contributed by atoms with van der Waals surface area (Å²) in [6.07, 6.45) is -1.52. The Bertz CT molecular complexity index is 1050. The molecule has 8 nitrogen and oxygen atoms in total. The summed E-state index contributed by atoms with van der Waals surface area (Å²) >= 11 is 0. The molecule has 0 spiro atoms. The minimum Gasteiger partial charge on any atom is -0.484 e. The van der Waals surface area contributed by atoms with Crippen molar-refractivity contribution in [1.29, 1.82) is 0 Å². The van der Waals surface area contributed by atoms with Crippen LogP contribution in [0.3, 0.4) is 0 Å². The Hall–Kier alpha value is -3.01. The van der Waals surface area contributed by atoms with Crippen LogP contribution in [0.4, 0.5) is 8.78 Å². The number of hydrogen-bond donors (Lipinski definition) is 3. The maximum Gasteiger partial charge on any atom is 0.290 e. The lowest BCUT2D eigenvalue weighted by Crippen LogP contribution is -2.70. The van der Waals surface area contributed by atoms with Crippen molar-refractivity contribution in [2.24, 2.45) is 0 Å². The number of halogens is 2. The van der Waals surface area contributed by atoms with E-state index >= 15 is 0 Å². The molecule has 0 saturated heterocycles. The van der Waals surface area contributed by atoms with Gasteiger partial charge in [0.1, 0.15) is 5.75 Å². The Morgan fingerprint density at radius 3 is 2.52 bits per heavy atom. The van der Waals surface area contributed by atoms with Gasteiger partial charge in [-0.25, -0.2) is 8.78 Å². The number of alkyl halides is 2. The van der Waals surface area contributed by atoms with Crippen LogP contribution in [0.15, 0.2) is 28.8 Å². The van der Waals surface area contributed by atoms with Gasteiger partial charge in [0.25, 0.3) is 18.2 Å². The topological polar surface area (TPSA) is 114 Å². The molecule has 3 fully saturated rings. The highest BCUT2D eigenvalue weighted by atomic mass is 19.3. The van der Waals surface area contributed by atoms with Crippen molar-refractivity contribution in [2.45, 2.75) is 69.6 Å². The van der Waals surface area contributed by atoms with Gasteiger partial charge in [-0.3, -0.25) is 9.59 Å². The quantitative estimate of drug-likeness (QED) is 0.582. The number of aromatic nitrogens is 1. The number of carbonyl (C=O) groups excluding carboxylic acids is 2. The molecule has 178 valence electrons. The minimum atomic E-state index is -2.83. The average Bonchev–Trinajstić information content (AvgIpc) is 3.27. The fourth-order valence-electron chi connectivity index (χ4n) is 4.73. The van der Waals surface area contributed by atoms with Gasteiger partial charge in [0, 0.05) is 11.6 Å². The summed E-state index contributed by atoms with van der Waals surface area (Å²) in [5.41, 5.74) is 0.110. The number of amides is 2. The highest BCUT2D eigenvalue weighted by molar-refractivity contribution is 5.92. The highest BCUT2D eigenvalue weighted by Crippen LogP contribution is 2.47. The Morgan fingerprint density at radius 1 is 1.18 bits per heavy atom. The number of carbonyl (C=O) groups is 2. The largest absolute Gasteiger partial charge is 0.484 e. The van der Waals surface area contributed by atoms with E-state index in [0.29, 0.717) is 31.4 Å². The summed E-state index contributed by atoms with van der Waals surface area (Å²) in [6.45, 7) is 3.79. The van der Waals surface area contributed by atoms with Gasteiger partial charge in [0.15, 0.2) is 12.3 Å². The molecular weight excluding hydrogens is 436 g/mol. The van der Waals surface area contributed by atoms with E-state index in [4.69, 9.17) is 9.26 Å². The van der Waals surface area contributed by atoms with E-state index in [1.54, 1.807) is 6.07 Å². The van der Waals surface area contributed by atoms with Gasteiger partial charge in [0.05, 0.1) is 11.6 Å². The van der Waals surface area contributed by atoms with Crippen molar-refractivity contribution < 1.29 is 32.7 Å². The average molecular weight is 463 g/mol. The van der Waals surface area contributed by atoms with Crippen LogP contribution in [0.5, 0.6) is 5.75 Å². The third-order valence-electron chi connectivity index (χ3n) is 6.91. The van der Waals surface area contributed by atoms with Crippen molar-refractivity contribution in [3.63, 3.8) is 0 Å². The molecule has 2 aromatic rings. The van der Waals surface area contributed by atoms with Crippen LogP contribution in [-0.2, 0) is 4.79 Å². The van der Waals surface area contributed by atoms with Gasteiger partial charge in [-0.05, 0) is 69.2 Å². The molecule has 1 aromatic heterocycles. The van der Waals surface area contributed by atoms with Crippen LogP contribution in [-0.4, -0.2) is 45.9 Å². The monoisotopic (exact) mass is 463 g/mol. The molecule has 3 N–H and O–H groups in total. The summed E-state index contributed by atoms with van der Waals surface area (Å²) < 4.78 is 35.7. The third kappa shape index (κ3) is 4.71. The van der Waals surface area contributed by atoms with Crippen molar-refractivity contribution in [3.8, 4) is 5.75 Å². The summed E-state index contributed by atoms with van der Waals surface area (Å²) in [6, 6.07) is 6.51. The Labute approximate surface area is 189 Å². The number of aliphatic hydroxyl groups excluding tert-OH is 1. The second-order valence-corrected chi connectivity index (χ2v) is 9.11. The Balaban J connectivity index is 1.34. The lowest BCUT2D eigenvalue weighted by atomic mass is 9.60. The minimum absolute atomic E-state index is 0.170. The van der Waals surface area contributed by atoms with E-state index in [1.165, 1.54) is 0 Å². The van der Waals surface area contributed by atoms with E-state index < -0.39 is 35.2 Å². The number of hydrogen-bond acceptors (Lipinski definition) is 6. The van der Waals surface area contributed by atoms with Gasteiger partial charge in [-0.1, -0.05) is 11.2 Å². The molecule has 3 aliphatic rings. The zero-order chi connectivity index (χ0) is 23.8. The summed E-state index contributed by atoms with van der Waals surface area (Å²) in [5, 5.41) is 19.8. The standard InChI is InChI=1S/C23H27F2N3O5/c1-13-3-4-15(9-14(13)2)32-12-19(30)26-23-7-5-22(6-8-23,11-18(23)29)27-21(31)17-10-16(20(24)25)28-33-17/h3-4,9-10,18,20,29H,5-8,11-12H2,1-2H3,(H,26,30)(H,27,31)/t18-,22?,23?/m0/s1. The predicted molar refractivity (Wildman–Crippen MR) is 113 cm³/mol. The van der Waals surface area contributed by atoms with Crippen LogP contribution >= 0.6 is 0 Å².